The summed E-state index contributed by atoms with van der Waals surface area (Å²) in [6.45, 7) is 2.43. The van der Waals surface area contributed by atoms with E-state index in [1.165, 1.54) is 18.4 Å². The first-order valence-electron chi connectivity index (χ1n) is 6.66. The molecule has 0 saturated heterocycles. The van der Waals surface area contributed by atoms with E-state index >= 15 is 0 Å². The van der Waals surface area contributed by atoms with E-state index in [4.69, 9.17) is 14.2 Å². The summed E-state index contributed by atoms with van der Waals surface area (Å²) in [5.74, 6) is 2.58. The molecular formula is C14H17NO3. The molecule has 0 aromatic heterocycles. The number of hydrogen-bond donors (Lipinski definition) is 1. The smallest absolute Gasteiger partial charge is 0.231 e. The van der Waals surface area contributed by atoms with Crippen LogP contribution < -0.4 is 19.5 Å². The van der Waals surface area contributed by atoms with Crippen LogP contribution in [0.4, 0.5) is 0 Å². The van der Waals surface area contributed by atoms with E-state index < -0.39 is 0 Å². The molecule has 1 fully saturated rings. The summed E-state index contributed by atoms with van der Waals surface area (Å²) in [6, 6.07) is 5.11. The fraction of sp³-hybridized carbons (Fsp3) is 0.571. The van der Waals surface area contributed by atoms with Crippen LogP contribution in [0.5, 0.6) is 17.2 Å². The van der Waals surface area contributed by atoms with Gasteiger partial charge in [-0.3, -0.25) is 0 Å². The number of fused-ring (bicyclic) bond motifs is 2. The third-order valence-electron chi connectivity index (χ3n) is 3.79. The fourth-order valence-corrected chi connectivity index (χ4v) is 2.73. The molecule has 0 radical (unpaired) electrons. The number of ether oxygens (including phenoxy) is 3. The lowest BCUT2D eigenvalue weighted by molar-refractivity contribution is 0.165. The van der Waals surface area contributed by atoms with Crippen molar-refractivity contribution in [2.75, 3.05) is 6.79 Å². The molecule has 1 saturated carbocycles. The zero-order valence-corrected chi connectivity index (χ0v) is 10.4. The lowest BCUT2D eigenvalue weighted by Crippen LogP contribution is -2.32. The van der Waals surface area contributed by atoms with E-state index in [0.717, 1.165) is 23.7 Å². The third kappa shape index (κ3) is 1.72. The molecule has 1 N–H and O–H groups in total. The van der Waals surface area contributed by atoms with Crippen molar-refractivity contribution in [2.45, 2.75) is 44.4 Å². The first-order chi connectivity index (χ1) is 8.79. The molecule has 2 unspecified atom stereocenters. The average molecular weight is 247 g/mol. The minimum absolute atomic E-state index is 0.245. The zero-order chi connectivity index (χ0) is 12.1. The molecule has 2 heterocycles. The van der Waals surface area contributed by atoms with Crippen molar-refractivity contribution in [3.8, 4) is 17.2 Å². The summed E-state index contributed by atoms with van der Waals surface area (Å²) in [7, 11) is 0. The molecule has 1 aliphatic carbocycles. The lowest BCUT2D eigenvalue weighted by Gasteiger charge is -2.31. The molecule has 0 bridgehead atoms. The second kappa shape index (κ2) is 3.79. The Bertz CT molecular complexity index is 484. The number of hydrogen-bond acceptors (Lipinski definition) is 4. The normalized spacial score (nSPS) is 28.7. The first-order valence-corrected chi connectivity index (χ1v) is 6.66. The van der Waals surface area contributed by atoms with Crippen molar-refractivity contribution < 1.29 is 14.2 Å². The maximum atomic E-state index is 5.91. The minimum atomic E-state index is 0.245. The summed E-state index contributed by atoms with van der Waals surface area (Å²) in [5, 5.41) is 3.69. The fourth-order valence-electron chi connectivity index (χ4n) is 2.73. The van der Waals surface area contributed by atoms with Crippen molar-refractivity contribution in [2.24, 2.45) is 0 Å². The number of nitrogens with one attached hydrogen (secondary N) is 1. The van der Waals surface area contributed by atoms with E-state index in [2.05, 4.69) is 18.3 Å². The van der Waals surface area contributed by atoms with Crippen LogP contribution in [0.25, 0.3) is 0 Å². The Kier molecular flexibility index (Phi) is 2.21. The van der Waals surface area contributed by atoms with Crippen LogP contribution in [0.1, 0.15) is 37.8 Å². The maximum absolute atomic E-state index is 5.91. The molecule has 4 rings (SSSR count). The Morgan fingerprint density at radius 2 is 1.89 bits per heavy atom. The Balaban J connectivity index is 1.72. The highest BCUT2D eigenvalue weighted by atomic mass is 16.7. The molecule has 2 atom stereocenters. The maximum Gasteiger partial charge on any atom is 0.231 e. The van der Waals surface area contributed by atoms with Gasteiger partial charge in [0, 0.05) is 30.1 Å². The third-order valence-corrected chi connectivity index (χ3v) is 3.79. The van der Waals surface area contributed by atoms with E-state index in [1.54, 1.807) is 0 Å². The van der Waals surface area contributed by atoms with Gasteiger partial charge in [-0.25, -0.2) is 0 Å². The summed E-state index contributed by atoms with van der Waals surface area (Å²) >= 11 is 0. The molecule has 1 aromatic carbocycles. The number of benzene rings is 1. The van der Waals surface area contributed by atoms with Crippen molar-refractivity contribution in [1.82, 2.24) is 5.32 Å². The van der Waals surface area contributed by atoms with Crippen molar-refractivity contribution in [3.05, 3.63) is 17.7 Å². The van der Waals surface area contributed by atoms with E-state index in [9.17, 15) is 0 Å². The van der Waals surface area contributed by atoms with Gasteiger partial charge in [-0.1, -0.05) is 0 Å². The zero-order valence-electron chi connectivity index (χ0n) is 10.4. The Morgan fingerprint density at radius 1 is 1.11 bits per heavy atom. The predicted molar refractivity (Wildman–Crippen MR) is 66.2 cm³/mol. The Morgan fingerprint density at radius 3 is 2.67 bits per heavy atom. The molecule has 18 heavy (non-hydrogen) atoms. The monoisotopic (exact) mass is 247 g/mol. The van der Waals surface area contributed by atoms with Crippen LogP contribution in [0.2, 0.25) is 0 Å². The summed E-state index contributed by atoms with van der Waals surface area (Å²) < 4.78 is 16.8. The van der Waals surface area contributed by atoms with Crippen molar-refractivity contribution in [3.63, 3.8) is 0 Å². The van der Waals surface area contributed by atoms with Crippen LogP contribution in [-0.2, 0) is 0 Å². The molecular weight excluding hydrogens is 230 g/mol. The molecule has 1 aromatic rings. The lowest BCUT2D eigenvalue weighted by atomic mass is 9.96. The SMILES string of the molecule is CC1CC(NC2CC2)c2cc3c(cc2O1)OCO3. The highest BCUT2D eigenvalue weighted by Crippen LogP contribution is 2.44. The quantitative estimate of drug-likeness (QED) is 0.871. The second-order valence-corrected chi connectivity index (χ2v) is 5.40. The van der Waals surface area contributed by atoms with E-state index in [-0.39, 0.29) is 6.10 Å². The van der Waals surface area contributed by atoms with E-state index in [0.29, 0.717) is 18.9 Å². The van der Waals surface area contributed by atoms with Crippen LogP contribution in [0.15, 0.2) is 12.1 Å². The molecule has 4 nitrogen and oxygen atoms in total. The average Bonchev–Trinajstić information content (AvgIpc) is 3.04. The van der Waals surface area contributed by atoms with Gasteiger partial charge < -0.3 is 19.5 Å². The van der Waals surface area contributed by atoms with Gasteiger partial charge in [0.2, 0.25) is 6.79 Å². The predicted octanol–water partition coefficient (Wildman–Crippen LogP) is 2.38. The largest absolute Gasteiger partial charge is 0.490 e. The number of rotatable bonds is 2. The van der Waals surface area contributed by atoms with Gasteiger partial charge in [0.25, 0.3) is 0 Å². The second-order valence-electron chi connectivity index (χ2n) is 5.40. The summed E-state index contributed by atoms with van der Waals surface area (Å²) in [5.41, 5.74) is 1.21. The van der Waals surface area contributed by atoms with Gasteiger partial charge in [-0.05, 0) is 25.8 Å². The van der Waals surface area contributed by atoms with Crippen LogP contribution in [0, 0.1) is 0 Å². The molecule has 0 spiro atoms. The molecule has 0 amide bonds. The first kappa shape index (κ1) is 10.5. The molecule has 4 heteroatoms. The van der Waals surface area contributed by atoms with Crippen LogP contribution in [0.3, 0.4) is 0 Å². The van der Waals surface area contributed by atoms with Gasteiger partial charge in [0.15, 0.2) is 11.5 Å². The van der Waals surface area contributed by atoms with Crippen LogP contribution >= 0.6 is 0 Å². The summed E-state index contributed by atoms with van der Waals surface area (Å²) in [4.78, 5) is 0. The minimum Gasteiger partial charge on any atom is -0.490 e. The topological polar surface area (TPSA) is 39.7 Å². The van der Waals surface area contributed by atoms with E-state index in [1.807, 2.05) is 6.07 Å². The van der Waals surface area contributed by atoms with Gasteiger partial charge in [-0.2, -0.15) is 0 Å². The van der Waals surface area contributed by atoms with Crippen molar-refractivity contribution in [1.29, 1.82) is 0 Å². The molecule has 3 aliphatic rings. The Hall–Kier alpha value is -1.42. The van der Waals surface area contributed by atoms with Gasteiger partial charge in [-0.15, -0.1) is 0 Å². The van der Waals surface area contributed by atoms with Gasteiger partial charge in [0.1, 0.15) is 5.75 Å². The Labute approximate surface area is 106 Å². The molecule has 2 aliphatic heterocycles. The standard InChI is InChI=1S/C14H17NO3/c1-8-4-11(15-9-2-3-9)10-5-13-14(17-7-16-13)6-12(10)18-8/h5-6,8-9,11,15H,2-4,7H2,1H3. The highest BCUT2D eigenvalue weighted by molar-refractivity contribution is 5.53. The van der Waals surface area contributed by atoms with Crippen molar-refractivity contribution >= 4 is 0 Å². The highest BCUT2D eigenvalue weighted by Gasteiger charge is 2.33. The molecule has 96 valence electrons. The van der Waals surface area contributed by atoms with Gasteiger partial charge in [0.05, 0.1) is 6.10 Å². The van der Waals surface area contributed by atoms with Gasteiger partial charge >= 0.3 is 0 Å². The summed E-state index contributed by atoms with van der Waals surface area (Å²) in [6.07, 6.45) is 3.86. The van der Waals surface area contributed by atoms with Crippen LogP contribution in [-0.4, -0.2) is 18.9 Å².